The molecule has 1 aromatic rings. The Bertz CT molecular complexity index is 851. The van der Waals surface area contributed by atoms with Crippen molar-refractivity contribution in [2.24, 2.45) is 35.5 Å². The maximum absolute atomic E-state index is 13.2. The van der Waals surface area contributed by atoms with E-state index in [1.54, 1.807) is 0 Å². The fourth-order valence-electron chi connectivity index (χ4n) is 5.63. The van der Waals surface area contributed by atoms with Gasteiger partial charge >= 0.3 is 6.18 Å². The van der Waals surface area contributed by atoms with E-state index in [0.29, 0.717) is 24.0 Å². The number of fused-ring (bicyclic) bond motifs is 8. The lowest BCUT2D eigenvalue weighted by Gasteiger charge is -2.19. The number of nitro benzene ring substituents is 1. The zero-order chi connectivity index (χ0) is 18.5. The van der Waals surface area contributed by atoms with E-state index in [0.717, 1.165) is 23.8 Å². The highest BCUT2D eigenvalue weighted by Crippen LogP contribution is 2.71. The van der Waals surface area contributed by atoms with E-state index in [2.05, 4.69) is 0 Å². The molecule has 3 aliphatic carbocycles. The third-order valence-corrected chi connectivity index (χ3v) is 6.60. The number of hydrogen-bond acceptors (Lipinski definition) is 4. The summed E-state index contributed by atoms with van der Waals surface area (Å²) in [5, 5.41) is 10.9. The van der Waals surface area contributed by atoms with Gasteiger partial charge in [0, 0.05) is 6.07 Å². The molecule has 0 N–H and O–H groups in total. The molecule has 4 aliphatic rings. The predicted molar refractivity (Wildman–Crippen MR) is 80.8 cm³/mol. The van der Waals surface area contributed by atoms with Crippen LogP contribution in [0.1, 0.15) is 18.4 Å². The number of hydrogen-bond donors (Lipinski definition) is 0. The lowest BCUT2D eigenvalue weighted by atomic mass is 9.81. The van der Waals surface area contributed by atoms with E-state index < -0.39 is 46.0 Å². The summed E-state index contributed by atoms with van der Waals surface area (Å²) in [5.41, 5.74) is -2.79. The van der Waals surface area contributed by atoms with Gasteiger partial charge in [-0.3, -0.25) is 24.6 Å². The number of amides is 2. The van der Waals surface area contributed by atoms with Gasteiger partial charge in [-0.05, 0) is 48.6 Å². The minimum Gasteiger partial charge on any atom is -0.274 e. The van der Waals surface area contributed by atoms with Crippen molar-refractivity contribution in [2.75, 3.05) is 4.90 Å². The number of alkyl halides is 3. The molecule has 0 aromatic heterocycles. The number of benzene rings is 1. The van der Waals surface area contributed by atoms with Gasteiger partial charge in [0.25, 0.3) is 5.69 Å². The second kappa shape index (κ2) is 4.63. The number of rotatable bonds is 2. The Morgan fingerprint density at radius 1 is 1.00 bits per heavy atom. The molecule has 3 saturated carbocycles. The molecule has 2 bridgehead atoms. The fraction of sp³-hybridized carbons (Fsp3) is 0.529. The van der Waals surface area contributed by atoms with Gasteiger partial charge in [0.05, 0.1) is 22.4 Å². The Balaban J connectivity index is 1.56. The quantitative estimate of drug-likeness (QED) is 0.458. The lowest BCUT2D eigenvalue weighted by molar-refractivity contribution is -0.388. The summed E-state index contributed by atoms with van der Waals surface area (Å²) in [5.74, 6) is -0.560. The average molecular weight is 366 g/mol. The highest BCUT2D eigenvalue weighted by molar-refractivity contribution is 6.22. The minimum absolute atomic E-state index is 0.150. The Morgan fingerprint density at radius 3 is 2.04 bits per heavy atom. The van der Waals surface area contributed by atoms with Crippen molar-refractivity contribution in [3.8, 4) is 0 Å². The molecule has 9 heteroatoms. The topological polar surface area (TPSA) is 80.5 Å². The van der Waals surface area contributed by atoms with Gasteiger partial charge in [0.2, 0.25) is 11.8 Å². The van der Waals surface area contributed by atoms with Crippen LogP contribution in [0, 0.1) is 45.6 Å². The van der Waals surface area contributed by atoms with Crippen LogP contribution in [-0.4, -0.2) is 16.7 Å². The zero-order valence-electron chi connectivity index (χ0n) is 13.3. The van der Waals surface area contributed by atoms with Gasteiger partial charge in [-0.1, -0.05) is 0 Å². The molecule has 1 aliphatic heterocycles. The highest BCUT2D eigenvalue weighted by Gasteiger charge is 2.72. The van der Waals surface area contributed by atoms with Crippen molar-refractivity contribution in [1.29, 1.82) is 0 Å². The number of carbonyl (C=O) groups excluding carboxylic acids is 2. The van der Waals surface area contributed by atoms with Crippen LogP contribution in [0.25, 0.3) is 0 Å². The molecule has 6 nitrogen and oxygen atoms in total. The number of carbonyl (C=O) groups is 2. The van der Waals surface area contributed by atoms with Crippen LogP contribution in [0.5, 0.6) is 0 Å². The van der Waals surface area contributed by atoms with Gasteiger partial charge in [-0.25, -0.2) is 0 Å². The second-order valence-electron chi connectivity index (χ2n) is 7.65. The Kier molecular flexibility index (Phi) is 2.81. The molecule has 136 valence electrons. The first kappa shape index (κ1) is 15.8. The largest absolute Gasteiger partial charge is 0.423 e. The third-order valence-electron chi connectivity index (χ3n) is 6.60. The third kappa shape index (κ3) is 1.83. The number of halogens is 3. The predicted octanol–water partition coefficient (Wildman–Crippen LogP) is 3.01. The van der Waals surface area contributed by atoms with Crippen molar-refractivity contribution in [3.63, 3.8) is 0 Å². The molecule has 0 unspecified atom stereocenters. The molecular weight excluding hydrogens is 353 g/mol. The Hall–Kier alpha value is -2.45. The van der Waals surface area contributed by atoms with Crippen LogP contribution in [0.2, 0.25) is 0 Å². The summed E-state index contributed by atoms with van der Waals surface area (Å²) in [7, 11) is 0. The highest BCUT2D eigenvalue weighted by atomic mass is 19.4. The van der Waals surface area contributed by atoms with Crippen LogP contribution in [0.4, 0.5) is 24.5 Å². The number of anilines is 1. The smallest absolute Gasteiger partial charge is 0.274 e. The summed E-state index contributed by atoms with van der Waals surface area (Å²) >= 11 is 0. The van der Waals surface area contributed by atoms with Crippen LogP contribution in [0.15, 0.2) is 18.2 Å². The minimum atomic E-state index is -4.96. The van der Waals surface area contributed by atoms with Crippen molar-refractivity contribution < 1.29 is 27.7 Å². The molecule has 0 radical (unpaired) electrons. The Labute approximate surface area is 145 Å². The summed E-state index contributed by atoms with van der Waals surface area (Å²) in [6.07, 6.45) is -3.07. The number of nitro groups is 1. The van der Waals surface area contributed by atoms with Crippen LogP contribution >= 0.6 is 0 Å². The van der Waals surface area contributed by atoms with Gasteiger partial charge in [-0.2, -0.15) is 13.2 Å². The molecule has 26 heavy (non-hydrogen) atoms. The van der Waals surface area contributed by atoms with Gasteiger partial charge < -0.3 is 0 Å². The van der Waals surface area contributed by atoms with E-state index in [4.69, 9.17) is 0 Å². The molecule has 5 rings (SSSR count). The van der Waals surface area contributed by atoms with E-state index in [9.17, 15) is 32.9 Å². The van der Waals surface area contributed by atoms with Crippen molar-refractivity contribution in [2.45, 2.75) is 19.0 Å². The van der Waals surface area contributed by atoms with Crippen molar-refractivity contribution >= 4 is 23.2 Å². The van der Waals surface area contributed by atoms with Crippen LogP contribution in [-0.2, 0) is 15.8 Å². The van der Waals surface area contributed by atoms with E-state index in [1.807, 2.05) is 0 Å². The van der Waals surface area contributed by atoms with E-state index in [1.165, 1.54) is 0 Å². The number of nitrogens with zero attached hydrogens (tertiary/aromatic N) is 2. The van der Waals surface area contributed by atoms with Crippen molar-refractivity contribution in [3.05, 3.63) is 33.9 Å². The first-order chi connectivity index (χ1) is 12.2. The molecule has 1 saturated heterocycles. The maximum Gasteiger partial charge on any atom is 0.423 e. The number of imide groups is 1. The fourth-order valence-corrected chi connectivity index (χ4v) is 5.63. The monoisotopic (exact) mass is 366 g/mol. The molecular formula is C17H13F3N2O4. The van der Waals surface area contributed by atoms with Crippen LogP contribution < -0.4 is 4.90 Å². The van der Waals surface area contributed by atoms with Crippen molar-refractivity contribution in [1.82, 2.24) is 0 Å². The molecule has 1 aromatic carbocycles. The molecule has 2 amide bonds. The SMILES string of the molecule is O=C1[C@@H]2[C@@H]3C[C@@H]([C@H]4C[C@H]43)[C@@H]2C(=O)N1c1ccc([N+](=O)[O-])c(C(F)(F)F)c1. The molecule has 1 heterocycles. The van der Waals surface area contributed by atoms with E-state index in [-0.39, 0.29) is 17.5 Å². The standard InChI is InChI=1S/C17H13F3N2O4/c18-17(19,20)11-3-6(1-2-12(11)22(25)26)21-15(23)13-9-5-10(8-4-7(8)9)14(13)16(21)24/h1-3,7-10,13-14H,4-5H2/t7-,8+,9-,10+,13-,14+. The normalized spacial score (nSPS) is 37.1. The molecule has 0 spiro atoms. The summed E-state index contributed by atoms with van der Waals surface area (Å²) in [6.45, 7) is 0. The Morgan fingerprint density at radius 2 is 1.54 bits per heavy atom. The average Bonchev–Trinajstić information content (AvgIpc) is 3.07. The summed E-state index contributed by atoms with van der Waals surface area (Å²) in [4.78, 5) is 36.2. The molecule has 4 fully saturated rings. The second-order valence-corrected chi connectivity index (χ2v) is 7.65. The van der Waals surface area contributed by atoms with Gasteiger partial charge in [0.15, 0.2) is 0 Å². The van der Waals surface area contributed by atoms with Gasteiger partial charge in [0.1, 0.15) is 5.56 Å². The summed E-state index contributed by atoms with van der Waals surface area (Å²) < 4.78 is 39.6. The maximum atomic E-state index is 13.2. The van der Waals surface area contributed by atoms with Gasteiger partial charge in [-0.15, -0.1) is 0 Å². The summed E-state index contributed by atoms with van der Waals surface area (Å²) in [6, 6.07) is 2.30. The first-order valence-electron chi connectivity index (χ1n) is 8.43. The zero-order valence-corrected chi connectivity index (χ0v) is 13.3. The van der Waals surface area contributed by atoms with Crippen LogP contribution in [0.3, 0.4) is 0 Å². The molecule has 6 atom stereocenters. The first-order valence-corrected chi connectivity index (χ1v) is 8.43. The van der Waals surface area contributed by atoms with E-state index >= 15 is 0 Å². The lowest BCUT2D eigenvalue weighted by Crippen LogP contribution is -2.33.